The van der Waals surface area contributed by atoms with Gasteiger partial charge in [-0.05, 0) is 51.3 Å². The number of benzene rings is 1. The molecule has 0 radical (unpaired) electrons. The predicted molar refractivity (Wildman–Crippen MR) is 98.1 cm³/mol. The summed E-state index contributed by atoms with van der Waals surface area (Å²) in [6.07, 6.45) is 0.796. The molecule has 1 atom stereocenters. The number of rotatable bonds is 7. The van der Waals surface area contributed by atoms with Crippen LogP contribution in [0.2, 0.25) is 0 Å². The summed E-state index contributed by atoms with van der Waals surface area (Å²) in [5, 5.41) is 8.48. The Hall–Kier alpha value is -2.08. The molecule has 0 aliphatic rings. The van der Waals surface area contributed by atoms with Gasteiger partial charge in [-0.2, -0.15) is 0 Å². The molecule has 0 aliphatic carbocycles. The van der Waals surface area contributed by atoms with Gasteiger partial charge in [0.05, 0.1) is 0 Å². The highest BCUT2D eigenvalue weighted by Crippen LogP contribution is 2.17. The summed E-state index contributed by atoms with van der Waals surface area (Å²) in [6.45, 7) is 10.3. The maximum Gasteiger partial charge on any atom is 0.319 e. The van der Waals surface area contributed by atoms with Crippen molar-refractivity contribution in [3.05, 3.63) is 29.8 Å². The average molecular weight is 334 g/mol. The molecule has 6 nitrogen and oxygen atoms in total. The zero-order chi connectivity index (χ0) is 18.3. The van der Waals surface area contributed by atoms with E-state index in [1.807, 2.05) is 20.8 Å². The van der Waals surface area contributed by atoms with Gasteiger partial charge >= 0.3 is 6.03 Å². The fourth-order valence-electron chi connectivity index (χ4n) is 2.60. The average Bonchev–Trinajstić information content (AvgIpc) is 2.45. The zero-order valence-corrected chi connectivity index (χ0v) is 15.3. The van der Waals surface area contributed by atoms with Gasteiger partial charge in [0.1, 0.15) is 0 Å². The Morgan fingerprint density at radius 2 is 1.88 bits per heavy atom. The van der Waals surface area contributed by atoms with Crippen molar-refractivity contribution in [2.45, 2.75) is 52.6 Å². The van der Waals surface area contributed by atoms with Crippen LogP contribution >= 0.6 is 0 Å². The van der Waals surface area contributed by atoms with Crippen molar-refractivity contribution in [2.24, 2.45) is 11.7 Å². The van der Waals surface area contributed by atoms with Gasteiger partial charge < -0.3 is 21.7 Å². The number of amides is 3. The Kier molecular flexibility index (Phi) is 7.22. The molecule has 0 aliphatic heterocycles. The van der Waals surface area contributed by atoms with E-state index in [-0.39, 0.29) is 18.0 Å². The molecule has 0 bridgehead atoms. The maximum atomic E-state index is 12.5. The van der Waals surface area contributed by atoms with Crippen molar-refractivity contribution in [1.29, 1.82) is 0 Å². The van der Waals surface area contributed by atoms with Crippen LogP contribution in [0.4, 0.5) is 10.5 Å². The van der Waals surface area contributed by atoms with Crippen molar-refractivity contribution in [2.75, 3.05) is 11.9 Å². The summed E-state index contributed by atoms with van der Waals surface area (Å²) in [7, 11) is 0. The summed E-state index contributed by atoms with van der Waals surface area (Å²) < 4.78 is 0. The summed E-state index contributed by atoms with van der Waals surface area (Å²) in [5.74, 6) is 0.225. The second-order valence-corrected chi connectivity index (χ2v) is 7.15. The summed E-state index contributed by atoms with van der Waals surface area (Å²) in [6, 6.07) is 6.59. The predicted octanol–water partition coefficient (Wildman–Crippen LogP) is 2.71. The third kappa shape index (κ3) is 6.58. The van der Waals surface area contributed by atoms with Gasteiger partial charge in [-0.15, -0.1) is 0 Å². The Morgan fingerprint density at radius 3 is 2.42 bits per heavy atom. The van der Waals surface area contributed by atoms with Crippen molar-refractivity contribution in [1.82, 2.24) is 10.6 Å². The molecule has 0 saturated heterocycles. The molecule has 0 aromatic heterocycles. The standard InChI is InChI=1S/C18H30N4O2/c1-12(2)10-18(5,11-19)22-16(23)14-7-6-8-15(9-14)21-17(24)20-13(3)4/h6-9,12-13H,10-11,19H2,1-5H3,(H,22,23)(H2,20,21,24). The first-order valence-electron chi connectivity index (χ1n) is 8.35. The van der Waals surface area contributed by atoms with E-state index >= 15 is 0 Å². The van der Waals surface area contributed by atoms with E-state index in [1.54, 1.807) is 24.3 Å². The largest absolute Gasteiger partial charge is 0.346 e. The Balaban J connectivity index is 2.81. The van der Waals surface area contributed by atoms with Crippen molar-refractivity contribution in [3.63, 3.8) is 0 Å². The van der Waals surface area contributed by atoms with E-state index in [2.05, 4.69) is 29.8 Å². The molecule has 134 valence electrons. The molecule has 6 heteroatoms. The van der Waals surface area contributed by atoms with Gasteiger partial charge in [0.2, 0.25) is 0 Å². The van der Waals surface area contributed by atoms with E-state index < -0.39 is 5.54 Å². The monoisotopic (exact) mass is 334 g/mol. The minimum absolute atomic E-state index is 0.0396. The molecule has 0 spiro atoms. The number of urea groups is 1. The van der Waals surface area contributed by atoms with Crippen molar-refractivity contribution >= 4 is 17.6 Å². The molecule has 0 heterocycles. The molecule has 1 unspecified atom stereocenters. The van der Waals surface area contributed by atoms with Crippen LogP contribution in [-0.2, 0) is 0 Å². The lowest BCUT2D eigenvalue weighted by atomic mass is 9.90. The molecular formula is C18H30N4O2. The summed E-state index contributed by atoms with van der Waals surface area (Å²) >= 11 is 0. The first-order valence-corrected chi connectivity index (χ1v) is 8.35. The fourth-order valence-corrected chi connectivity index (χ4v) is 2.60. The van der Waals surface area contributed by atoms with Crippen molar-refractivity contribution < 1.29 is 9.59 Å². The van der Waals surface area contributed by atoms with E-state index in [1.165, 1.54) is 0 Å². The number of anilines is 1. The molecule has 1 rings (SSSR count). The SMILES string of the molecule is CC(C)CC(C)(CN)NC(=O)c1cccc(NC(=O)NC(C)C)c1. The third-order valence-corrected chi connectivity index (χ3v) is 3.53. The lowest BCUT2D eigenvalue weighted by Gasteiger charge is -2.31. The van der Waals surface area contributed by atoms with Crippen LogP contribution in [0.25, 0.3) is 0 Å². The van der Waals surface area contributed by atoms with Gasteiger partial charge in [0, 0.05) is 29.4 Å². The van der Waals surface area contributed by atoms with Gasteiger partial charge in [-0.25, -0.2) is 4.79 Å². The van der Waals surface area contributed by atoms with Crippen LogP contribution in [-0.4, -0.2) is 30.1 Å². The van der Waals surface area contributed by atoms with Crippen LogP contribution in [0, 0.1) is 5.92 Å². The highest BCUT2D eigenvalue weighted by molar-refractivity contribution is 5.97. The lowest BCUT2D eigenvalue weighted by Crippen LogP contribution is -2.52. The number of carbonyl (C=O) groups is 2. The molecular weight excluding hydrogens is 304 g/mol. The smallest absolute Gasteiger partial charge is 0.319 e. The lowest BCUT2D eigenvalue weighted by molar-refractivity contribution is 0.0898. The molecule has 0 saturated carbocycles. The molecule has 0 fully saturated rings. The van der Waals surface area contributed by atoms with E-state index in [0.717, 1.165) is 6.42 Å². The summed E-state index contributed by atoms with van der Waals surface area (Å²) in [4.78, 5) is 24.3. The molecule has 5 N–H and O–H groups in total. The number of nitrogens with one attached hydrogen (secondary N) is 3. The second kappa shape index (κ2) is 8.68. The van der Waals surface area contributed by atoms with Crippen LogP contribution < -0.4 is 21.7 Å². The normalized spacial score (nSPS) is 13.5. The Bertz CT molecular complexity index is 572. The molecule has 1 aromatic rings. The number of nitrogens with two attached hydrogens (primary N) is 1. The minimum atomic E-state index is -0.455. The Labute approximate surface area is 144 Å². The Morgan fingerprint density at radius 1 is 1.21 bits per heavy atom. The van der Waals surface area contributed by atoms with Crippen LogP contribution in [0.15, 0.2) is 24.3 Å². The molecule has 1 aromatic carbocycles. The van der Waals surface area contributed by atoms with E-state index in [9.17, 15) is 9.59 Å². The van der Waals surface area contributed by atoms with Crippen LogP contribution in [0.1, 0.15) is 51.4 Å². The first-order chi connectivity index (χ1) is 11.1. The van der Waals surface area contributed by atoms with Crippen molar-refractivity contribution in [3.8, 4) is 0 Å². The van der Waals surface area contributed by atoms with Gasteiger partial charge in [-0.3, -0.25) is 4.79 Å². The first kappa shape index (κ1) is 20.0. The topological polar surface area (TPSA) is 96.2 Å². The second-order valence-electron chi connectivity index (χ2n) is 7.15. The van der Waals surface area contributed by atoms with Crippen LogP contribution in [0.3, 0.4) is 0 Å². The molecule has 24 heavy (non-hydrogen) atoms. The number of carbonyl (C=O) groups excluding carboxylic acids is 2. The quantitative estimate of drug-likeness (QED) is 0.617. The zero-order valence-electron chi connectivity index (χ0n) is 15.3. The van der Waals surface area contributed by atoms with Gasteiger partial charge in [-0.1, -0.05) is 19.9 Å². The minimum Gasteiger partial charge on any atom is -0.346 e. The van der Waals surface area contributed by atoms with Gasteiger partial charge in [0.15, 0.2) is 0 Å². The highest BCUT2D eigenvalue weighted by atomic mass is 16.2. The summed E-state index contributed by atoms with van der Waals surface area (Å²) in [5.41, 5.74) is 6.44. The van der Waals surface area contributed by atoms with Crippen LogP contribution in [0.5, 0.6) is 0 Å². The number of hydrogen-bond donors (Lipinski definition) is 4. The highest BCUT2D eigenvalue weighted by Gasteiger charge is 2.26. The molecule has 3 amide bonds. The number of hydrogen-bond acceptors (Lipinski definition) is 3. The fraction of sp³-hybridized carbons (Fsp3) is 0.556. The third-order valence-electron chi connectivity index (χ3n) is 3.53. The maximum absolute atomic E-state index is 12.5. The van der Waals surface area contributed by atoms with Gasteiger partial charge in [0.25, 0.3) is 5.91 Å². The van der Waals surface area contributed by atoms with E-state index in [4.69, 9.17) is 5.73 Å². The van der Waals surface area contributed by atoms with E-state index in [0.29, 0.717) is 23.7 Å².